The van der Waals surface area contributed by atoms with Crippen molar-refractivity contribution in [3.05, 3.63) is 6.42 Å². The summed E-state index contributed by atoms with van der Waals surface area (Å²) in [6.45, 7) is 0. The third kappa shape index (κ3) is 0.538. The summed E-state index contributed by atoms with van der Waals surface area (Å²) in [7, 11) is 0. The van der Waals surface area contributed by atoms with Gasteiger partial charge >= 0.3 is 0 Å². The van der Waals surface area contributed by atoms with Crippen molar-refractivity contribution in [1.29, 1.82) is 0 Å². The lowest BCUT2D eigenvalue weighted by Crippen LogP contribution is -2.15. The van der Waals surface area contributed by atoms with Crippen molar-refractivity contribution in [3.63, 3.8) is 0 Å². The van der Waals surface area contributed by atoms with Gasteiger partial charge in [0, 0.05) is 0 Å². The predicted octanol–water partition coefficient (Wildman–Crippen LogP) is 2.65. The average Bonchev–Trinajstić information content (AvgIpc) is 2.60. The van der Waals surface area contributed by atoms with E-state index >= 15 is 0 Å². The van der Waals surface area contributed by atoms with Crippen molar-refractivity contribution < 1.29 is 0 Å². The normalized spacial score (nSPS) is 57.6. The average molecular weight is 135 g/mol. The molecule has 3 rings (SSSR count). The van der Waals surface area contributed by atoms with E-state index in [1.807, 2.05) is 0 Å². The lowest BCUT2D eigenvalue weighted by atomic mass is 9.82. The van der Waals surface area contributed by atoms with E-state index < -0.39 is 0 Å². The van der Waals surface area contributed by atoms with E-state index in [-0.39, 0.29) is 0 Å². The Bertz CT molecular complexity index is 134. The molecule has 4 atom stereocenters. The SMILES string of the molecule is [CH]1CC2C3CCC(C3)C2C1. The summed E-state index contributed by atoms with van der Waals surface area (Å²) >= 11 is 0. The molecule has 3 saturated carbocycles. The minimum atomic E-state index is 1.15. The zero-order valence-corrected chi connectivity index (χ0v) is 6.42. The first-order valence-electron chi connectivity index (χ1n) is 4.77. The van der Waals surface area contributed by atoms with Crippen LogP contribution in [0.15, 0.2) is 0 Å². The van der Waals surface area contributed by atoms with Crippen molar-refractivity contribution in [2.45, 2.75) is 32.1 Å². The van der Waals surface area contributed by atoms with Crippen LogP contribution in [0.5, 0.6) is 0 Å². The largest absolute Gasteiger partial charge is 0.0499 e. The van der Waals surface area contributed by atoms with Gasteiger partial charge in [-0.15, -0.1) is 0 Å². The molecule has 0 aromatic heterocycles. The molecule has 3 aliphatic carbocycles. The van der Waals surface area contributed by atoms with Gasteiger partial charge in [0.1, 0.15) is 0 Å². The number of fused-ring (bicyclic) bond motifs is 5. The molecular formula is C10H15. The van der Waals surface area contributed by atoms with Crippen LogP contribution in [0.25, 0.3) is 0 Å². The lowest BCUT2D eigenvalue weighted by molar-refractivity contribution is 0.259. The number of rotatable bonds is 0. The number of hydrogen-bond donors (Lipinski definition) is 0. The minimum absolute atomic E-state index is 1.15. The molecule has 0 nitrogen and oxygen atoms in total. The van der Waals surface area contributed by atoms with Crippen LogP contribution in [0.1, 0.15) is 32.1 Å². The van der Waals surface area contributed by atoms with Gasteiger partial charge in [-0.05, 0) is 62.2 Å². The molecule has 0 aromatic carbocycles. The fraction of sp³-hybridized carbons (Fsp3) is 0.900. The molecule has 0 aromatic rings. The molecule has 2 bridgehead atoms. The summed E-state index contributed by atoms with van der Waals surface area (Å²) in [4.78, 5) is 0. The van der Waals surface area contributed by atoms with E-state index in [1.54, 1.807) is 19.3 Å². The third-order valence-corrected chi connectivity index (χ3v) is 4.15. The zero-order valence-electron chi connectivity index (χ0n) is 6.42. The summed E-state index contributed by atoms with van der Waals surface area (Å²) in [5, 5.41) is 0. The molecule has 3 fully saturated rings. The van der Waals surface area contributed by atoms with Gasteiger partial charge in [0.25, 0.3) is 0 Å². The molecule has 4 unspecified atom stereocenters. The Morgan fingerprint density at radius 3 is 2.10 bits per heavy atom. The summed E-state index contributed by atoms with van der Waals surface area (Å²) < 4.78 is 0. The molecule has 0 saturated heterocycles. The fourth-order valence-electron chi connectivity index (χ4n) is 3.75. The first kappa shape index (κ1) is 5.62. The van der Waals surface area contributed by atoms with Gasteiger partial charge in [-0.25, -0.2) is 0 Å². The molecular weight excluding hydrogens is 120 g/mol. The monoisotopic (exact) mass is 135 g/mol. The molecule has 0 N–H and O–H groups in total. The molecule has 3 aliphatic rings. The molecule has 55 valence electrons. The van der Waals surface area contributed by atoms with E-state index in [1.165, 1.54) is 12.8 Å². The Kier molecular flexibility index (Phi) is 1.00. The van der Waals surface area contributed by atoms with Gasteiger partial charge in [-0.2, -0.15) is 0 Å². The highest BCUT2D eigenvalue weighted by Crippen LogP contribution is 2.58. The molecule has 0 aliphatic heterocycles. The highest BCUT2D eigenvalue weighted by Gasteiger charge is 2.48. The van der Waals surface area contributed by atoms with Crippen LogP contribution in [-0.4, -0.2) is 0 Å². The van der Waals surface area contributed by atoms with E-state index in [0.29, 0.717) is 0 Å². The smallest absolute Gasteiger partial charge is 0.0352 e. The Hall–Kier alpha value is 0. The maximum absolute atomic E-state index is 2.54. The molecule has 0 spiro atoms. The van der Waals surface area contributed by atoms with Crippen molar-refractivity contribution in [1.82, 2.24) is 0 Å². The van der Waals surface area contributed by atoms with Crippen molar-refractivity contribution in [3.8, 4) is 0 Å². The van der Waals surface area contributed by atoms with Crippen molar-refractivity contribution in [2.75, 3.05) is 0 Å². The van der Waals surface area contributed by atoms with Crippen LogP contribution in [-0.2, 0) is 0 Å². The molecule has 10 heavy (non-hydrogen) atoms. The van der Waals surface area contributed by atoms with Gasteiger partial charge in [0.05, 0.1) is 0 Å². The van der Waals surface area contributed by atoms with Crippen LogP contribution in [0, 0.1) is 30.1 Å². The van der Waals surface area contributed by atoms with E-state index in [4.69, 9.17) is 0 Å². The topological polar surface area (TPSA) is 0 Å². The summed E-state index contributed by atoms with van der Waals surface area (Å²) in [5.41, 5.74) is 0. The third-order valence-electron chi connectivity index (χ3n) is 4.15. The first-order chi connectivity index (χ1) is 4.95. The molecule has 0 amide bonds. The minimum Gasteiger partial charge on any atom is -0.0499 e. The Balaban J connectivity index is 1.92. The maximum atomic E-state index is 2.54. The zero-order chi connectivity index (χ0) is 6.55. The Morgan fingerprint density at radius 1 is 0.900 bits per heavy atom. The first-order valence-corrected chi connectivity index (χ1v) is 4.77. The van der Waals surface area contributed by atoms with E-state index in [9.17, 15) is 0 Å². The second kappa shape index (κ2) is 1.78. The van der Waals surface area contributed by atoms with Gasteiger partial charge in [-0.1, -0.05) is 0 Å². The number of hydrogen-bond acceptors (Lipinski definition) is 0. The van der Waals surface area contributed by atoms with Gasteiger partial charge in [0.2, 0.25) is 0 Å². The van der Waals surface area contributed by atoms with Crippen LogP contribution in [0.4, 0.5) is 0 Å². The highest BCUT2D eigenvalue weighted by molar-refractivity contribution is 5.03. The molecule has 0 heterocycles. The summed E-state index contributed by atoms with van der Waals surface area (Å²) in [5.74, 6) is 4.62. The fourth-order valence-corrected chi connectivity index (χ4v) is 3.75. The molecule has 1 radical (unpaired) electrons. The lowest BCUT2D eigenvalue weighted by Gasteiger charge is -2.23. The Labute approximate surface area is 63.0 Å². The van der Waals surface area contributed by atoms with Crippen LogP contribution in [0.3, 0.4) is 0 Å². The van der Waals surface area contributed by atoms with Gasteiger partial charge in [-0.3, -0.25) is 0 Å². The van der Waals surface area contributed by atoms with Crippen LogP contribution < -0.4 is 0 Å². The van der Waals surface area contributed by atoms with Crippen LogP contribution >= 0.6 is 0 Å². The Morgan fingerprint density at radius 2 is 1.50 bits per heavy atom. The van der Waals surface area contributed by atoms with Crippen LogP contribution in [0.2, 0.25) is 0 Å². The van der Waals surface area contributed by atoms with Gasteiger partial charge in [0.15, 0.2) is 0 Å². The standard InChI is InChI=1S/C10H15/c1-2-9-7-4-5-8(6-7)10(9)3-1/h1,7-10H,2-6H2. The second-order valence-corrected chi connectivity index (χ2v) is 4.42. The highest BCUT2D eigenvalue weighted by atomic mass is 14.5. The summed E-state index contributed by atoms with van der Waals surface area (Å²) in [6, 6.07) is 0. The maximum Gasteiger partial charge on any atom is -0.0352 e. The quantitative estimate of drug-likeness (QED) is 0.479. The summed E-state index contributed by atoms with van der Waals surface area (Å²) in [6.07, 6.45) is 10.2. The van der Waals surface area contributed by atoms with E-state index in [0.717, 1.165) is 23.7 Å². The second-order valence-electron chi connectivity index (χ2n) is 4.42. The molecule has 0 heteroatoms. The van der Waals surface area contributed by atoms with Crippen molar-refractivity contribution >= 4 is 0 Å². The predicted molar refractivity (Wildman–Crippen MR) is 41.3 cm³/mol. The van der Waals surface area contributed by atoms with E-state index in [2.05, 4.69) is 6.42 Å². The van der Waals surface area contributed by atoms with Gasteiger partial charge < -0.3 is 0 Å². The van der Waals surface area contributed by atoms with Crippen molar-refractivity contribution in [2.24, 2.45) is 23.7 Å².